The van der Waals surface area contributed by atoms with Gasteiger partial charge < -0.3 is 10.5 Å². The second kappa shape index (κ2) is 6.76. The van der Waals surface area contributed by atoms with Crippen molar-refractivity contribution in [2.75, 3.05) is 38.6 Å². The zero-order valence-corrected chi connectivity index (χ0v) is 12.7. The number of hydrogen-bond donors (Lipinski definition) is 1. The average molecular weight is 317 g/mol. The summed E-state index contributed by atoms with van der Waals surface area (Å²) in [6, 6.07) is 4.81. The maximum atomic E-state index is 11.0. The lowest BCUT2D eigenvalue weighted by Crippen LogP contribution is -2.38. The standard InChI is InChI=1S/C15H19N5O3/c16-14-2-1-12(9-15(14)20(21)22)13-10-17-19(11-13)4-3-18-5-7-23-8-6-18/h1-2,9-11H,3-8,16H2. The lowest BCUT2D eigenvalue weighted by molar-refractivity contribution is -0.383. The van der Waals surface area contributed by atoms with E-state index < -0.39 is 4.92 Å². The van der Waals surface area contributed by atoms with Gasteiger partial charge in [0.25, 0.3) is 5.69 Å². The highest BCUT2D eigenvalue weighted by atomic mass is 16.6. The van der Waals surface area contributed by atoms with Crippen LogP contribution < -0.4 is 5.73 Å². The van der Waals surface area contributed by atoms with Gasteiger partial charge in [0, 0.05) is 37.5 Å². The molecule has 2 N–H and O–H groups in total. The minimum absolute atomic E-state index is 0.0800. The lowest BCUT2D eigenvalue weighted by Gasteiger charge is -2.26. The Labute approximate surface area is 133 Å². The molecular weight excluding hydrogens is 298 g/mol. The molecule has 8 heteroatoms. The van der Waals surface area contributed by atoms with E-state index in [1.165, 1.54) is 6.07 Å². The molecule has 0 radical (unpaired) electrons. The highest BCUT2D eigenvalue weighted by Gasteiger charge is 2.14. The number of nitro groups is 1. The predicted molar refractivity (Wildman–Crippen MR) is 86.0 cm³/mol. The quantitative estimate of drug-likeness (QED) is 0.508. The summed E-state index contributed by atoms with van der Waals surface area (Å²) in [6.45, 7) is 5.12. The second-order valence-electron chi connectivity index (χ2n) is 5.48. The molecular formula is C15H19N5O3. The van der Waals surface area contributed by atoms with E-state index in [4.69, 9.17) is 10.5 Å². The van der Waals surface area contributed by atoms with Crippen molar-refractivity contribution in [3.8, 4) is 11.1 Å². The summed E-state index contributed by atoms with van der Waals surface area (Å²) in [7, 11) is 0. The van der Waals surface area contributed by atoms with Gasteiger partial charge in [0.15, 0.2) is 0 Å². The zero-order chi connectivity index (χ0) is 16.2. The number of aromatic nitrogens is 2. The Kier molecular flexibility index (Phi) is 4.54. The molecule has 1 aliphatic rings. The van der Waals surface area contributed by atoms with E-state index in [1.54, 1.807) is 18.3 Å². The summed E-state index contributed by atoms with van der Waals surface area (Å²) in [5, 5.41) is 15.3. The largest absolute Gasteiger partial charge is 0.393 e. The van der Waals surface area contributed by atoms with Crippen molar-refractivity contribution in [3.05, 3.63) is 40.7 Å². The maximum absolute atomic E-state index is 11.0. The van der Waals surface area contributed by atoms with Crippen LogP contribution in [0, 0.1) is 10.1 Å². The van der Waals surface area contributed by atoms with Crippen molar-refractivity contribution < 1.29 is 9.66 Å². The molecule has 1 aromatic heterocycles. The first-order valence-electron chi connectivity index (χ1n) is 7.50. The molecule has 1 aliphatic heterocycles. The molecule has 0 aliphatic carbocycles. The fourth-order valence-corrected chi connectivity index (χ4v) is 2.58. The fourth-order valence-electron chi connectivity index (χ4n) is 2.58. The van der Waals surface area contributed by atoms with Crippen LogP contribution in [0.3, 0.4) is 0 Å². The number of anilines is 1. The Hall–Kier alpha value is -2.45. The van der Waals surface area contributed by atoms with Crippen molar-refractivity contribution in [1.82, 2.24) is 14.7 Å². The first-order chi connectivity index (χ1) is 11.1. The molecule has 0 amide bonds. The number of morpholine rings is 1. The van der Waals surface area contributed by atoms with Gasteiger partial charge in [-0.05, 0) is 11.6 Å². The van der Waals surface area contributed by atoms with Crippen molar-refractivity contribution in [1.29, 1.82) is 0 Å². The lowest BCUT2D eigenvalue weighted by atomic mass is 10.1. The van der Waals surface area contributed by atoms with Crippen LogP contribution in [0.4, 0.5) is 11.4 Å². The number of nitro benzene ring substituents is 1. The first-order valence-corrected chi connectivity index (χ1v) is 7.50. The monoisotopic (exact) mass is 317 g/mol. The number of nitrogen functional groups attached to an aromatic ring is 1. The van der Waals surface area contributed by atoms with Crippen LogP contribution in [0.15, 0.2) is 30.6 Å². The van der Waals surface area contributed by atoms with Gasteiger partial charge in [0.05, 0.1) is 30.9 Å². The predicted octanol–water partition coefficient (Wildman–Crippen LogP) is 1.37. The molecule has 1 fully saturated rings. The smallest absolute Gasteiger partial charge is 0.292 e. The van der Waals surface area contributed by atoms with Crippen molar-refractivity contribution >= 4 is 11.4 Å². The summed E-state index contributed by atoms with van der Waals surface area (Å²) in [5.74, 6) is 0. The van der Waals surface area contributed by atoms with Crippen LogP contribution in [0.5, 0.6) is 0 Å². The minimum atomic E-state index is -0.471. The van der Waals surface area contributed by atoms with E-state index >= 15 is 0 Å². The molecule has 0 unspecified atom stereocenters. The van der Waals surface area contributed by atoms with E-state index in [-0.39, 0.29) is 11.4 Å². The molecule has 3 rings (SSSR count). The summed E-state index contributed by atoms with van der Waals surface area (Å²) >= 11 is 0. The Morgan fingerprint density at radius 3 is 2.78 bits per heavy atom. The third kappa shape index (κ3) is 3.66. The van der Waals surface area contributed by atoms with Crippen molar-refractivity contribution in [2.24, 2.45) is 0 Å². The average Bonchev–Trinajstić information content (AvgIpc) is 3.03. The van der Waals surface area contributed by atoms with Crippen LogP contribution in [-0.4, -0.2) is 52.5 Å². The number of ether oxygens (including phenoxy) is 1. The molecule has 1 aromatic carbocycles. The Balaban J connectivity index is 1.69. The number of nitrogens with zero attached hydrogens (tertiary/aromatic N) is 4. The molecule has 0 saturated carbocycles. The Bertz CT molecular complexity index is 694. The highest BCUT2D eigenvalue weighted by molar-refractivity contribution is 5.71. The molecule has 8 nitrogen and oxygen atoms in total. The van der Waals surface area contributed by atoms with Gasteiger partial charge in [-0.1, -0.05) is 6.07 Å². The third-order valence-electron chi connectivity index (χ3n) is 3.94. The molecule has 2 aromatic rings. The Morgan fingerprint density at radius 1 is 1.26 bits per heavy atom. The van der Waals surface area contributed by atoms with Crippen molar-refractivity contribution in [3.63, 3.8) is 0 Å². The van der Waals surface area contributed by atoms with Crippen molar-refractivity contribution in [2.45, 2.75) is 6.54 Å². The van der Waals surface area contributed by atoms with Crippen LogP contribution >= 0.6 is 0 Å². The van der Waals surface area contributed by atoms with E-state index in [9.17, 15) is 10.1 Å². The van der Waals surface area contributed by atoms with Gasteiger partial charge in [0.1, 0.15) is 5.69 Å². The molecule has 122 valence electrons. The first kappa shape index (κ1) is 15.4. The SMILES string of the molecule is Nc1ccc(-c2cnn(CCN3CCOCC3)c2)cc1[N+](=O)[O-]. The van der Waals surface area contributed by atoms with Gasteiger partial charge in [0.2, 0.25) is 0 Å². The number of benzene rings is 1. The molecule has 1 saturated heterocycles. The van der Waals surface area contributed by atoms with E-state index in [1.807, 2.05) is 10.9 Å². The van der Waals surface area contributed by atoms with Gasteiger partial charge in [-0.3, -0.25) is 19.7 Å². The zero-order valence-electron chi connectivity index (χ0n) is 12.7. The topological polar surface area (TPSA) is 99.5 Å². The van der Waals surface area contributed by atoms with E-state index in [0.29, 0.717) is 0 Å². The summed E-state index contributed by atoms with van der Waals surface area (Å²) in [4.78, 5) is 12.8. The normalized spacial score (nSPS) is 15.7. The molecule has 0 atom stereocenters. The van der Waals surface area contributed by atoms with Crippen LogP contribution in [-0.2, 0) is 11.3 Å². The summed E-state index contributed by atoms with van der Waals surface area (Å²) in [5.41, 5.74) is 7.29. The van der Waals surface area contributed by atoms with Crippen LogP contribution in [0.25, 0.3) is 11.1 Å². The minimum Gasteiger partial charge on any atom is -0.393 e. The van der Waals surface area contributed by atoms with Gasteiger partial charge in [-0.25, -0.2) is 0 Å². The second-order valence-corrected chi connectivity index (χ2v) is 5.48. The number of hydrogen-bond acceptors (Lipinski definition) is 6. The number of nitrogens with two attached hydrogens (primary N) is 1. The Morgan fingerprint density at radius 2 is 2.04 bits per heavy atom. The van der Waals surface area contributed by atoms with E-state index in [0.717, 1.165) is 50.5 Å². The van der Waals surface area contributed by atoms with Gasteiger partial charge >= 0.3 is 0 Å². The molecule has 0 spiro atoms. The fraction of sp³-hybridized carbons (Fsp3) is 0.400. The third-order valence-corrected chi connectivity index (χ3v) is 3.94. The summed E-state index contributed by atoms with van der Waals surface area (Å²) in [6.07, 6.45) is 3.62. The molecule has 0 bridgehead atoms. The number of rotatable bonds is 5. The molecule has 23 heavy (non-hydrogen) atoms. The van der Waals surface area contributed by atoms with Crippen LogP contribution in [0.2, 0.25) is 0 Å². The maximum Gasteiger partial charge on any atom is 0.292 e. The van der Waals surface area contributed by atoms with Crippen LogP contribution in [0.1, 0.15) is 0 Å². The van der Waals surface area contributed by atoms with E-state index in [2.05, 4.69) is 10.00 Å². The van der Waals surface area contributed by atoms with Gasteiger partial charge in [-0.2, -0.15) is 5.10 Å². The molecule has 2 heterocycles. The summed E-state index contributed by atoms with van der Waals surface area (Å²) < 4.78 is 7.18. The van der Waals surface area contributed by atoms with Gasteiger partial charge in [-0.15, -0.1) is 0 Å². The highest BCUT2D eigenvalue weighted by Crippen LogP contribution is 2.28.